The SMILES string of the molecule is O=C(O)CCN1CCO[C@@H](c2ccc(OCc3ccc(Cl)cc3)cc2)C1. The summed E-state index contributed by atoms with van der Waals surface area (Å²) in [5.41, 5.74) is 2.13. The monoisotopic (exact) mass is 375 g/mol. The molecule has 138 valence electrons. The molecule has 0 spiro atoms. The van der Waals surface area contributed by atoms with Crippen molar-refractivity contribution in [2.24, 2.45) is 0 Å². The van der Waals surface area contributed by atoms with Gasteiger partial charge in [-0.15, -0.1) is 0 Å². The molecule has 3 rings (SSSR count). The van der Waals surface area contributed by atoms with Crippen molar-refractivity contribution in [3.8, 4) is 5.75 Å². The van der Waals surface area contributed by atoms with Crippen molar-refractivity contribution >= 4 is 17.6 Å². The Hall–Kier alpha value is -2.08. The van der Waals surface area contributed by atoms with E-state index in [2.05, 4.69) is 4.90 Å². The first-order chi connectivity index (χ1) is 12.6. The van der Waals surface area contributed by atoms with Crippen LogP contribution in [0, 0.1) is 0 Å². The second-order valence-corrected chi connectivity index (χ2v) is 6.72. The van der Waals surface area contributed by atoms with Crippen LogP contribution in [0.25, 0.3) is 0 Å². The van der Waals surface area contributed by atoms with E-state index >= 15 is 0 Å². The number of benzene rings is 2. The summed E-state index contributed by atoms with van der Waals surface area (Å²) < 4.78 is 11.6. The van der Waals surface area contributed by atoms with Gasteiger partial charge in [0.05, 0.1) is 19.1 Å². The molecule has 5 nitrogen and oxygen atoms in total. The first-order valence-electron chi connectivity index (χ1n) is 8.63. The highest BCUT2D eigenvalue weighted by Gasteiger charge is 2.22. The van der Waals surface area contributed by atoms with E-state index in [4.69, 9.17) is 26.2 Å². The van der Waals surface area contributed by atoms with E-state index in [1.54, 1.807) is 0 Å². The summed E-state index contributed by atoms with van der Waals surface area (Å²) in [5, 5.41) is 9.54. The summed E-state index contributed by atoms with van der Waals surface area (Å²) in [4.78, 5) is 12.9. The van der Waals surface area contributed by atoms with Crippen LogP contribution in [0.2, 0.25) is 5.02 Å². The predicted molar refractivity (Wildman–Crippen MR) is 99.6 cm³/mol. The van der Waals surface area contributed by atoms with E-state index in [1.165, 1.54) is 0 Å². The molecule has 0 radical (unpaired) electrons. The van der Waals surface area contributed by atoms with Crippen LogP contribution in [-0.2, 0) is 16.1 Å². The fraction of sp³-hybridized carbons (Fsp3) is 0.350. The Morgan fingerprint density at radius 1 is 1.19 bits per heavy atom. The van der Waals surface area contributed by atoms with Gasteiger partial charge in [-0.25, -0.2) is 0 Å². The molecular weight excluding hydrogens is 354 g/mol. The van der Waals surface area contributed by atoms with E-state index in [9.17, 15) is 4.79 Å². The van der Waals surface area contributed by atoms with Crippen LogP contribution < -0.4 is 4.74 Å². The van der Waals surface area contributed by atoms with Crippen molar-refractivity contribution < 1.29 is 19.4 Å². The number of morpholine rings is 1. The van der Waals surface area contributed by atoms with Gasteiger partial charge in [-0.2, -0.15) is 0 Å². The van der Waals surface area contributed by atoms with Gasteiger partial charge in [0.25, 0.3) is 0 Å². The minimum Gasteiger partial charge on any atom is -0.489 e. The Balaban J connectivity index is 1.53. The third kappa shape index (κ3) is 5.46. The topological polar surface area (TPSA) is 59.0 Å². The predicted octanol–water partition coefficient (Wildman–Crippen LogP) is 3.77. The van der Waals surface area contributed by atoms with Crippen molar-refractivity contribution in [1.29, 1.82) is 0 Å². The number of carboxylic acid groups (broad SMARTS) is 1. The molecule has 1 N–H and O–H groups in total. The van der Waals surface area contributed by atoms with Gasteiger partial charge in [-0.3, -0.25) is 9.69 Å². The summed E-state index contributed by atoms with van der Waals surface area (Å²) in [6.07, 6.45) is 0.118. The fourth-order valence-electron chi connectivity index (χ4n) is 2.89. The number of halogens is 1. The molecule has 1 aliphatic rings. The number of aliphatic carboxylic acids is 1. The molecule has 0 aliphatic carbocycles. The summed E-state index contributed by atoms with van der Waals surface area (Å²) in [7, 11) is 0. The van der Waals surface area contributed by atoms with E-state index in [0.717, 1.165) is 23.4 Å². The fourth-order valence-corrected chi connectivity index (χ4v) is 3.01. The van der Waals surface area contributed by atoms with Crippen molar-refractivity contribution in [1.82, 2.24) is 4.90 Å². The van der Waals surface area contributed by atoms with Crippen molar-refractivity contribution in [3.05, 3.63) is 64.7 Å². The molecule has 0 aromatic heterocycles. The third-order valence-electron chi connectivity index (χ3n) is 4.36. The first-order valence-corrected chi connectivity index (χ1v) is 9.01. The van der Waals surface area contributed by atoms with Gasteiger partial charge >= 0.3 is 5.97 Å². The van der Waals surface area contributed by atoms with Gasteiger partial charge in [0, 0.05) is 24.7 Å². The molecule has 0 unspecified atom stereocenters. The normalized spacial score (nSPS) is 17.8. The molecule has 0 amide bonds. The number of carboxylic acids is 1. The maximum absolute atomic E-state index is 10.7. The molecule has 1 aliphatic heterocycles. The lowest BCUT2D eigenvalue weighted by Gasteiger charge is -2.32. The minimum atomic E-state index is -0.768. The van der Waals surface area contributed by atoms with Crippen molar-refractivity contribution in [2.75, 3.05) is 26.2 Å². The molecule has 1 fully saturated rings. The molecule has 26 heavy (non-hydrogen) atoms. The molecular formula is C20H22ClNO4. The Bertz CT molecular complexity index is 718. The van der Waals surface area contributed by atoms with Crippen LogP contribution >= 0.6 is 11.6 Å². The smallest absolute Gasteiger partial charge is 0.304 e. The minimum absolute atomic E-state index is 0.0390. The van der Waals surface area contributed by atoms with E-state index < -0.39 is 5.97 Å². The Kier molecular flexibility index (Phi) is 6.50. The summed E-state index contributed by atoms with van der Waals surface area (Å²) in [6.45, 7) is 3.13. The van der Waals surface area contributed by atoms with Gasteiger partial charge in [0.15, 0.2) is 0 Å². The molecule has 2 aromatic rings. The number of carbonyl (C=O) groups is 1. The zero-order chi connectivity index (χ0) is 18.4. The van der Waals surface area contributed by atoms with E-state index in [-0.39, 0.29) is 12.5 Å². The maximum atomic E-state index is 10.7. The lowest BCUT2D eigenvalue weighted by atomic mass is 10.1. The standard InChI is InChI=1S/C20H22ClNO4/c21-17-5-1-15(2-6-17)14-26-18-7-3-16(4-8-18)19-13-22(11-12-25-19)10-9-20(23)24/h1-8,19H,9-14H2,(H,23,24)/t19-/m1/s1. The lowest BCUT2D eigenvalue weighted by molar-refractivity contribution is -0.137. The molecule has 1 atom stereocenters. The molecule has 0 saturated carbocycles. The van der Waals surface area contributed by atoms with Crippen LogP contribution in [-0.4, -0.2) is 42.2 Å². The van der Waals surface area contributed by atoms with Crippen molar-refractivity contribution in [2.45, 2.75) is 19.1 Å². The summed E-state index contributed by atoms with van der Waals surface area (Å²) >= 11 is 5.88. The summed E-state index contributed by atoms with van der Waals surface area (Å²) in [6, 6.07) is 15.5. The maximum Gasteiger partial charge on any atom is 0.304 e. The molecule has 1 saturated heterocycles. The average molecular weight is 376 g/mol. The van der Waals surface area contributed by atoms with Gasteiger partial charge in [-0.05, 0) is 35.4 Å². The molecule has 0 bridgehead atoms. The van der Waals surface area contributed by atoms with Gasteiger partial charge in [-0.1, -0.05) is 35.9 Å². The highest BCUT2D eigenvalue weighted by molar-refractivity contribution is 6.30. The largest absolute Gasteiger partial charge is 0.489 e. The highest BCUT2D eigenvalue weighted by Crippen LogP contribution is 2.25. The van der Waals surface area contributed by atoms with Crippen LogP contribution in [0.1, 0.15) is 23.7 Å². The number of rotatable bonds is 7. The average Bonchev–Trinajstić information content (AvgIpc) is 2.67. The number of ether oxygens (including phenoxy) is 2. The first kappa shape index (κ1) is 18.7. The molecule has 2 aromatic carbocycles. The number of nitrogens with zero attached hydrogens (tertiary/aromatic N) is 1. The summed E-state index contributed by atoms with van der Waals surface area (Å²) in [5.74, 6) is 0.0254. The Labute approximate surface area is 158 Å². The Morgan fingerprint density at radius 2 is 1.92 bits per heavy atom. The highest BCUT2D eigenvalue weighted by atomic mass is 35.5. The van der Waals surface area contributed by atoms with Crippen molar-refractivity contribution in [3.63, 3.8) is 0 Å². The van der Waals surface area contributed by atoms with Crippen LogP contribution in [0.4, 0.5) is 0 Å². The zero-order valence-electron chi connectivity index (χ0n) is 14.4. The van der Waals surface area contributed by atoms with E-state index in [1.807, 2.05) is 48.5 Å². The molecule has 6 heteroatoms. The second kappa shape index (κ2) is 9.03. The molecule has 1 heterocycles. The lowest BCUT2D eigenvalue weighted by Crippen LogP contribution is -2.39. The van der Waals surface area contributed by atoms with E-state index in [0.29, 0.717) is 31.3 Å². The third-order valence-corrected chi connectivity index (χ3v) is 4.62. The van der Waals surface area contributed by atoms with Gasteiger partial charge in [0.1, 0.15) is 12.4 Å². The second-order valence-electron chi connectivity index (χ2n) is 6.29. The Morgan fingerprint density at radius 3 is 2.62 bits per heavy atom. The quantitative estimate of drug-likeness (QED) is 0.798. The zero-order valence-corrected chi connectivity index (χ0v) is 15.2. The number of hydrogen-bond acceptors (Lipinski definition) is 4. The van der Waals surface area contributed by atoms with Gasteiger partial charge in [0.2, 0.25) is 0 Å². The van der Waals surface area contributed by atoms with Gasteiger partial charge < -0.3 is 14.6 Å². The van der Waals surface area contributed by atoms with Crippen LogP contribution in [0.5, 0.6) is 5.75 Å². The van der Waals surface area contributed by atoms with Crippen LogP contribution in [0.15, 0.2) is 48.5 Å². The van der Waals surface area contributed by atoms with Crippen LogP contribution in [0.3, 0.4) is 0 Å². The number of hydrogen-bond donors (Lipinski definition) is 1.